The molecule has 1 aromatic rings. The molecule has 68 valence electrons. The number of anilines is 1. The van der Waals surface area contributed by atoms with Crippen molar-refractivity contribution in [2.75, 3.05) is 11.9 Å². The standard InChI is InChI=1S/C7H4BrClN2O2/c8-6-3(9)1-4-7(11-6)10-5(12)2-13-4/h1H,2H2,(H,10,11,12). The highest BCUT2D eigenvalue weighted by molar-refractivity contribution is 9.10. The molecule has 1 aliphatic rings. The number of nitrogens with zero attached hydrogens (tertiary/aromatic N) is 1. The fourth-order valence-electron chi connectivity index (χ4n) is 0.961. The second-order valence-electron chi connectivity index (χ2n) is 2.44. The third kappa shape index (κ3) is 1.62. The van der Waals surface area contributed by atoms with Gasteiger partial charge in [-0.2, -0.15) is 0 Å². The van der Waals surface area contributed by atoms with Crippen molar-refractivity contribution >= 4 is 39.3 Å². The molecule has 2 heterocycles. The Morgan fingerprint density at radius 3 is 3.23 bits per heavy atom. The lowest BCUT2D eigenvalue weighted by atomic mass is 10.4. The van der Waals surface area contributed by atoms with Gasteiger partial charge in [0, 0.05) is 6.07 Å². The van der Waals surface area contributed by atoms with E-state index in [0.717, 1.165) is 0 Å². The van der Waals surface area contributed by atoms with E-state index in [4.69, 9.17) is 16.3 Å². The number of rotatable bonds is 0. The lowest BCUT2D eigenvalue weighted by Gasteiger charge is -2.16. The van der Waals surface area contributed by atoms with Crippen molar-refractivity contribution in [3.8, 4) is 5.75 Å². The van der Waals surface area contributed by atoms with Crippen LogP contribution in [-0.2, 0) is 4.79 Å². The highest BCUT2D eigenvalue weighted by Gasteiger charge is 2.18. The number of halogens is 2. The molecule has 0 fully saturated rings. The molecular weight excluding hydrogens is 259 g/mol. The Morgan fingerprint density at radius 1 is 1.69 bits per heavy atom. The Hall–Kier alpha value is -0.810. The van der Waals surface area contributed by atoms with Crippen molar-refractivity contribution in [2.24, 2.45) is 0 Å². The van der Waals surface area contributed by atoms with Crippen LogP contribution >= 0.6 is 27.5 Å². The summed E-state index contributed by atoms with van der Waals surface area (Å²) in [5, 5.41) is 3.02. The monoisotopic (exact) mass is 262 g/mol. The van der Waals surface area contributed by atoms with Gasteiger partial charge in [-0.1, -0.05) is 11.6 Å². The zero-order valence-electron chi connectivity index (χ0n) is 6.30. The molecule has 2 rings (SSSR count). The van der Waals surface area contributed by atoms with E-state index in [1.807, 2.05) is 0 Å². The van der Waals surface area contributed by atoms with E-state index in [1.165, 1.54) is 0 Å². The van der Waals surface area contributed by atoms with Crippen molar-refractivity contribution < 1.29 is 9.53 Å². The van der Waals surface area contributed by atoms with Crippen molar-refractivity contribution in [1.29, 1.82) is 0 Å². The van der Waals surface area contributed by atoms with Crippen LogP contribution in [0.5, 0.6) is 5.75 Å². The second kappa shape index (κ2) is 3.16. The predicted octanol–water partition coefficient (Wildman–Crippen LogP) is 1.83. The number of pyridine rings is 1. The van der Waals surface area contributed by atoms with E-state index in [2.05, 4.69) is 26.2 Å². The molecule has 0 radical (unpaired) electrons. The van der Waals surface area contributed by atoms with Crippen LogP contribution in [0.25, 0.3) is 0 Å². The van der Waals surface area contributed by atoms with E-state index < -0.39 is 0 Å². The summed E-state index contributed by atoms with van der Waals surface area (Å²) in [5.41, 5.74) is 0. The van der Waals surface area contributed by atoms with Crippen LogP contribution in [0, 0.1) is 0 Å². The van der Waals surface area contributed by atoms with Crippen molar-refractivity contribution in [1.82, 2.24) is 4.98 Å². The van der Waals surface area contributed by atoms with E-state index in [9.17, 15) is 4.79 Å². The van der Waals surface area contributed by atoms with Gasteiger partial charge in [-0.15, -0.1) is 0 Å². The minimum Gasteiger partial charge on any atom is -0.480 e. The van der Waals surface area contributed by atoms with Crippen molar-refractivity contribution in [3.05, 3.63) is 15.7 Å². The molecule has 0 spiro atoms. The molecule has 1 amide bonds. The molecule has 0 aromatic carbocycles. The Labute approximate surface area is 87.4 Å². The number of amides is 1. The largest absolute Gasteiger partial charge is 0.480 e. The Kier molecular flexibility index (Phi) is 2.13. The third-order valence-electron chi connectivity index (χ3n) is 1.51. The zero-order valence-corrected chi connectivity index (χ0v) is 8.65. The third-order valence-corrected chi connectivity index (χ3v) is 2.64. The van der Waals surface area contributed by atoms with Gasteiger partial charge in [0.15, 0.2) is 18.2 Å². The van der Waals surface area contributed by atoms with Gasteiger partial charge in [0.1, 0.15) is 4.60 Å². The summed E-state index contributed by atoms with van der Waals surface area (Å²) in [6, 6.07) is 1.60. The smallest absolute Gasteiger partial charge is 0.263 e. The molecule has 0 bridgehead atoms. The minimum atomic E-state index is -0.214. The number of hydrogen-bond donors (Lipinski definition) is 1. The van der Waals surface area contributed by atoms with Gasteiger partial charge >= 0.3 is 0 Å². The van der Waals surface area contributed by atoms with Crippen LogP contribution in [0.4, 0.5) is 5.82 Å². The number of fused-ring (bicyclic) bond motifs is 1. The van der Waals surface area contributed by atoms with Crippen molar-refractivity contribution in [2.45, 2.75) is 0 Å². The first kappa shape index (κ1) is 8.77. The quantitative estimate of drug-likeness (QED) is 0.727. The van der Waals surface area contributed by atoms with Crippen LogP contribution in [0.1, 0.15) is 0 Å². The molecule has 0 saturated carbocycles. The van der Waals surface area contributed by atoms with E-state index >= 15 is 0 Å². The number of carbonyl (C=O) groups is 1. The van der Waals surface area contributed by atoms with Crippen LogP contribution < -0.4 is 10.1 Å². The van der Waals surface area contributed by atoms with Crippen LogP contribution in [-0.4, -0.2) is 17.5 Å². The second-order valence-corrected chi connectivity index (χ2v) is 3.60. The van der Waals surface area contributed by atoms with Gasteiger partial charge in [0.05, 0.1) is 5.02 Å². The molecule has 0 saturated heterocycles. The molecule has 0 atom stereocenters. The minimum absolute atomic E-state index is 0.00659. The number of carbonyl (C=O) groups excluding carboxylic acids is 1. The average molecular weight is 263 g/mol. The van der Waals surface area contributed by atoms with Gasteiger partial charge in [-0.25, -0.2) is 4.98 Å². The maximum absolute atomic E-state index is 10.9. The van der Waals surface area contributed by atoms with Crippen LogP contribution in [0.3, 0.4) is 0 Å². The average Bonchev–Trinajstić information content (AvgIpc) is 2.08. The van der Waals surface area contributed by atoms with Crippen LogP contribution in [0.2, 0.25) is 5.02 Å². The van der Waals surface area contributed by atoms with Gasteiger partial charge in [-0.05, 0) is 15.9 Å². The molecule has 6 heteroatoms. The lowest BCUT2D eigenvalue weighted by Crippen LogP contribution is -2.26. The molecule has 0 unspecified atom stereocenters. The summed E-state index contributed by atoms with van der Waals surface area (Å²) in [5.74, 6) is 0.676. The van der Waals surface area contributed by atoms with Gasteiger partial charge in [0.2, 0.25) is 0 Å². The van der Waals surface area contributed by atoms with E-state index in [-0.39, 0.29) is 12.5 Å². The number of hydrogen-bond acceptors (Lipinski definition) is 3. The topological polar surface area (TPSA) is 51.2 Å². The summed E-state index contributed by atoms with van der Waals surface area (Å²) in [7, 11) is 0. The maximum atomic E-state index is 10.9. The molecule has 4 nitrogen and oxygen atoms in total. The molecular formula is C7H4BrClN2O2. The summed E-state index contributed by atoms with van der Waals surface area (Å²) in [4.78, 5) is 14.9. The van der Waals surface area contributed by atoms with Gasteiger partial charge < -0.3 is 10.1 Å². The molecule has 1 N–H and O–H groups in total. The summed E-state index contributed by atoms with van der Waals surface area (Å²) < 4.78 is 5.58. The summed E-state index contributed by atoms with van der Waals surface area (Å²) in [6.45, 7) is 0.00659. The van der Waals surface area contributed by atoms with Gasteiger partial charge in [0.25, 0.3) is 5.91 Å². The molecule has 1 aromatic heterocycles. The fourth-order valence-corrected chi connectivity index (χ4v) is 1.39. The summed E-state index contributed by atoms with van der Waals surface area (Å²) >= 11 is 8.92. The number of ether oxygens (including phenoxy) is 1. The normalized spacial score (nSPS) is 14.5. The Balaban J connectivity index is 2.49. The zero-order chi connectivity index (χ0) is 9.42. The Bertz CT molecular complexity index is 383. The maximum Gasteiger partial charge on any atom is 0.263 e. The first-order valence-electron chi connectivity index (χ1n) is 3.45. The molecule has 1 aliphatic heterocycles. The highest BCUT2D eigenvalue weighted by atomic mass is 79.9. The fraction of sp³-hybridized carbons (Fsp3) is 0.143. The van der Waals surface area contributed by atoms with Gasteiger partial charge in [-0.3, -0.25) is 4.79 Å². The molecule has 13 heavy (non-hydrogen) atoms. The Morgan fingerprint density at radius 2 is 2.46 bits per heavy atom. The SMILES string of the molecule is O=C1COc2cc(Cl)c(Br)nc2N1. The van der Waals surface area contributed by atoms with E-state index in [1.54, 1.807) is 6.07 Å². The summed E-state index contributed by atoms with van der Waals surface area (Å²) in [6.07, 6.45) is 0. The predicted molar refractivity (Wildman–Crippen MR) is 51.1 cm³/mol. The molecule has 0 aliphatic carbocycles. The highest BCUT2D eigenvalue weighted by Crippen LogP contribution is 2.32. The van der Waals surface area contributed by atoms with E-state index in [0.29, 0.717) is 21.2 Å². The number of nitrogens with one attached hydrogen (secondary N) is 1. The first-order valence-corrected chi connectivity index (χ1v) is 4.62. The first-order chi connectivity index (χ1) is 6.16. The van der Waals surface area contributed by atoms with Crippen molar-refractivity contribution in [3.63, 3.8) is 0 Å². The lowest BCUT2D eigenvalue weighted by molar-refractivity contribution is -0.118. The van der Waals surface area contributed by atoms with Crippen LogP contribution in [0.15, 0.2) is 10.7 Å². The number of aromatic nitrogens is 1.